The number of hydrogen-bond acceptors (Lipinski definition) is 33. The molecule has 5 fully saturated rings. The maximum absolute atomic E-state index is 12.5. The third-order valence-electron chi connectivity index (χ3n) is 26.4. The van der Waals surface area contributed by atoms with Crippen molar-refractivity contribution >= 4 is 255 Å². The van der Waals surface area contributed by atoms with Crippen LogP contribution in [0.3, 0.4) is 0 Å². The number of fused-ring (bicyclic) bond motifs is 7. The molecule has 0 unspecified atom stereocenters. The Kier molecular flexibility index (Phi) is 34.3. The standard InChI is InChI=1S/C30H34N8O3.C25H26N8O.C21H25BN2O3.C15H21IN6O2.C10H13IN6.4ClH/c1-17-14-18(2)25-22(15-17)35-28(40-25)34-20-8-6-19(7-9-20)24-23-26(31)32-16-33-27(23)38(36-24)21-10-12-37(13-11-21)29(39)41-30(3,4)5;1-14-11-15(2)22-19(12-14)31-25(34-22)30-17-5-3-16(4-6-17)21-20-23(26)28-13-29-24(20)33(32-21)18-7-9-27-10-8-18;1-13-11-17-18(12-14(13)2)25-19(24-17)23-16-9-7-15(8-10-16)22-26-20(3,4)21(5,6)27-22;1-15(2,3)24-14(23)21-6-4-9(5-7-21)22-13-10(11(16)20-22)12(17)18-8-19-13;11-8-7-9(12)14-5-15-10(7)17(16-8)6-1-3-13-4-2-6;;;;/h6-9,14-16,21H,10-13H2,1-5H3,(H,34,35)(H2,31,32,33);3-6,11-13,18,27H,7-10H2,1-2H3,(H,30,31)(H2,26,28,29);7-12H,1-6H3,(H,23,24);8-9H,4-7H2,1-3H3,(H2,17,18,19);5-6,13H,1-4H2,(H2,12,14,15);4*1H. The molecule has 16 heterocycles. The van der Waals surface area contributed by atoms with Crippen molar-refractivity contribution in [3.8, 4) is 22.5 Å². The minimum absolute atomic E-state index is 0. The van der Waals surface area contributed by atoms with Crippen LogP contribution in [0.5, 0.6) is 0 Å². The zero-order chi connectivity index (χ0) is 101. The van der Waals surface area contributed by atoms with Crippen molar-refractivity contribution in [3.63, 3.8) is 0 Å². The number of oxazole rings is 3. The Labute approximate surface area is 902 Å². The molecule has 0 radical (unpaired) electrons. The molecule has 0 aliphatic carbocycles. The van der Waals surface area contributed by atoms with Gasteiger partial charge in [0.15, 0.2) is 39.3 Å². The highest BCUT2D eigenvalue weighted by Gasteiger charge is 2.52. The van der Waals surface area contributed by atoms with Gasteiger partial charge in [0, 0.05) is 54.4 Å². The van der Waals surface area contributed by atoms with E-state index in [0.717, 1.165) is 213 Å². The van der Waals surface area contributed by atoms with Gasteiger partial charge in [-0.1, -0.05) is 48.5 Å². The number of nitrogens with zero attached hydrogens (tertiary/aromatic N) is 21. The number of nitrogens with one attached hydrogen (secondary N) is 5. The summed E-state index contributed by atoms with van der Waals surface area (Å²) in [6, 6.07) is 38.4. The summed E-state index contributed by atoms with van der Waals surface area (Å²) in [5.74, 6) is 1.78. The van der Waals surface area contributed by atoms with E-state index in [1.165, 1.54) is 36.4 Å². The molecule has 0 bridgehead atoms. The number of carbonyl (C=O) groups is 2. The zero-order valence-corrected chi connectivity index (χ0v) is 92.2. The van der Waals surface area contributed by atoms with E-state index in [4.69, 9.17) is 65.2 Å². The number of hydrogen-bond donors (Lipinski definition) is 9. The van der Waals surface area contributed by atoms with Crippen molar-refractivity contribution in [1.29, 1.82) is 0 Å². The van der Waals surface area contributed by atoms with Gasteiger partial charge >= 0.3 is 19.3 Å². The number of nitrogens with two attached hydrogens (primary N) is 4. The van der Waals surface area contributed by atoms with Crippen LogP contribution in [0.1, 0.15) is 178 Å². The largest absolute Gasteiger partial charge is 0.494 e. The highest BCUT2D eigenvalue weighted by atomic mass is 127. The van der Waals surface area contributed by atoms with Gasteiger partial charge in [-0.25, -0.2) is 68.2 Å². The van der Waals surface area contributed by atoms with E-state index in [9.17, 15) is 9.59 Å². The first-order valence-electron chi connectivity index (χ1n) is 48.0. The number of nitrogen functional groups attached to an aromatic ring is 4. The second-order valence-electron chi connectivity index (χ2n) is 39.8. The van der Waals surface area contributed by atoms with E-state index in [2.05, 4.69) is 197 Å². The third-order valence-corrected chi connectivity index (χ3v) is 27.9. The number of anilines is 10. The third kappa shape index (κ3) is 24.6. The van der Waals surface area contributed by atoms with Crippen molar-refractivity contribution in [1.82, 2.24) is 114 Å². The molecular weight excluding hydrogens is 2180 g/mol. The zero-order valence-electron chi connectivity index (χ0n) is 84.7. The number of piperidine rings is 4. The molecule has 46 heteroatoms. The summed E-state index contributed by atoms with van der Waals surface area (Å²) >= 11 is 4.35. The predicted octanol–water partition coefficient (Wildman–Crippen LogP) is 20.3. The first kappa shape index (κ1) is 110. The van der Waals surface area contributed by atoms with Crippen LogP contribution in [-0.4, -0.2) is 198 Å². The fourth-order valence-electron chi connectivity index (χ4n) is 18.3. The van der Waals surface area contributed by atoms with Crippen LogP contribution in [0, 0.1) is 48.9 Å². The lowest BCUT2D eigenvalue weighted by atomic mass is 9.79. The van der Waals surface area contributed by atoms with E-state index in [0.29, 0.717) is 96.3 Å². The molecular formula is C101H123BCl4I2N30O9. The lowest BCUT2D eigenvalue weighted by molar-refractivity contribution is 0.00578. The van der Waals surface area contributed by atoms with Crippen molar-refractivity contribution in [2.45, 2.75) is 209 Å². The Morgan fingerprint density at radius 3 is 1.10 bits per heavy atom. The average molecular weight is 2310 g/mol. The molecule has 13 N–H and O–H groups in total. The van der Waals surface area contributed by atoms with E-state index in [-0.39, 0.29) is 92.2 Å². The fraction of sp³-hybridized carbons (Fsp3) is 0.396. The minimum Gasteiger partial charge on any atom is -0.444 e. The highest BCUT2D eigenvalue weighted by Crippen LogP contribution is 2.42. The van der Waals surface area contributed by atoms with Gasteiger partial charge in [0.2, 0.25) is 0 Å². The highest BCUT2D eigenvalue weighted by molar-refractivity contribution is 14.1. The number of likely N-dealkylation sites (tertiary alicyclic amines) is 2. The molecule has 0 atom stereocenters. The number of amides is 2. The number of halogens is 6. The summed E-state index contributed by atoms with van der Waals surface area (Å²) in [7, 11) is -0.362. The SMILES string of the molecule is CC(C)(C)OC(=O)N1CCC(n2nc(I)c3c(N)ncnc32)CC1.Cc1cc(C)c2oc(Nc3ccc(-c4nn(C5CCN(C(=O)OC(C)(C)C)CC5)c5ncnc(N)c45)cc3)nc2c1.Cc1cc(C)c2oc(Nc3ccc(-c4nn(C5CCNCC5)c5ncnc(N)c45)cc3)nc2c1.Cc1cc2nc(Nc3ccc(B4OC(C)(C)C(C)(C)O4)cc3)oc2cc1C.Cl.Cl.Cl.Cl.Nc1ncnc2c1c(I)nn2C1CCNCC1. The molecule has 6 aromatic carbocycles. The number of aryl methyl sites for hydroxylation is 6. The van der Waals surface area contributed by atoms with Gasteiger partial charge in [0.25, 0.3) is 18.0 Å². The first-order chi connectivity index (χ1) is 68.3. The first-order valence-corrected chi connectivity index (χ1v) is 50.2. The monoisotopic (exact) mass is 2300 g/mol. The van der Waals surface area contributed by atoms with Gasteiger partial charge in [0.1, 0.15) is 95.1 Å². The lowest BCUT2D eigenvalue weighted by Crippen LogP contribution is -2.42. The van der Waals surface area contributed by atoms with Gasteiger partial charge in [-0.2, -0.15) is 35.3 Å². The maximum Gasteiger partial charge on any atom is 0.494 e. The summed E-state index contributed by atoms with van der Waals surface area (Å²) < 4.78 is 50.5. The van der Waals surface area contributed by atoms with Crippen LogP contribution in [-0.2, 0) is 18.8 Å². The molecule has 5 aliphatic rings. The molecule has 776 valence electrons. The molecule has 11 aromatic heterocycles. The maximum atomic E-state index is 12.5. The van der Waals surface area contributed by atoms with Crippen LogP contribution in [0.15, 0.2) is 148 Å². The topological polar surface area (TPSA) is 494 Å². The van der Waals surface area contributed by atoms with Gasteiger partial charge < -0.3 is 91.4 Å². The fourth-order valence-corrected chi connectivity index (χ4v) is 19.8. The van der Waals surface area contributed by atoms with Crippen LogP contribution >= 0.6 is 94.8 Å². The number of aromatic nitrogens is 19. The molecule has 2 amide bonds. The Morgan fingerprint density at radius 1 is 0.408 bits per heavy atom. The van der Waals surface area contributed by atoms with E-state index in [1.54, 1.807) is 9.80 Å². The summed E-state index contributed by atoms with van der Waals surface area (Å²) in [5, 5.41) is 38.8. The van der Waals surface area contributed by atoms with E-state index >= 15 is 0 Å². The van der Waals surface area contributed by atoms with Crippen LogP contribution in [0.4, 0.5) is 68.0 Å². The normalized spacial score (nSPS) is 15.6. The molecule has 147 heavy (non-hydrogen) atoms. The summed E-state index contributed by atoms with van der Waals surface area (Å²) in [6.07, 6.45) is 12.6. The number of rotatable bonds is 13. The van der Waals surface area contributed by atoms with Gasteiger partial charge in [0.05, 0.1) is 56.9 Å². The van der Waals surface area contributed by atoms with E-state index < -0.39 is 11.2 Å². The summed E-state index contributed by atoms with van der Waals surface area (Å²) in [5.41, 5.74) is 44.5. The van der Waals surface area contributed by atoms with Gasteiger partial charge in [-0.3, -0.25) is 0 Å². The lowest BCUT2D eigenvalue weighted by Gasteiger charge is -2.33. The van der Waals surface area contributed by atoms with Crippen molar-refractivity contribution in [2.24, 2.45) is 0 Å². The summed E-state index contributed by atoms with van der Waals surface area (Å²) in [6.45, 7) is 38.2. The van der Waals surface area contributed by atoms with Crippen molar-refractivity contribution in [3.05, 3.63) is 175 Å². The average Bonchev–Trinajstić information content (AvgIpc) is 1.60. The second kappa shape index (κ2) is 45.7. The van der Waals surface area contributed by atoms with Crippen molar-refractivity contribution in [2.75, 3.05) is 91.2 Å². The Morgan fingerprint density at radius 2 is 0.728 bits per heavy atom. The summed E-state index contributed by atoms with van der Waals surface area (Å²) in [4.78, 5) is 76.2. The van der Waals surface area contributed by atoms with Crippen LogP contribution in [0.2, 0.25) is 0 Å². The van der Waals surface area contributed by atoms with Gasteiger partial charge in [-0.15, -0.1) is 49.6 Å². The molecule has 0 saturated carbocycles. The molecule has 22 rings (SSSR count). The second-order valence-corrected chi connectivity index (χ2v) is 41.9. The molecule has 39 nitrogen and oxygen atoms in total. The predicted molar refractivity (Wildman–Crippen MR) is 601 cm³/mol. The molecule has 0 spiro atoms. The van der Waals surface area contributed by atoms with Gasteiger partial charge in [-0.05, 0) is 333 Å². The Balaban J connectivity index is 0.000000148. The number of benzene rings is 6. The smallest absolute Gasteiger partial charge is 0.444 e. The molecule has 5 saturated heterocycles. The Bertz CT molecular complexity index is 7500. The quantitative estimate of drug-likeness (QED) is 0.0382. The molecule has 5 aliphatic heterocycles. The van der Waals surface area contributed by atoms with Crippen LogP contribution < -0.4 is 55.0 Å². The van der Waals surface area contributed by atoms with E-state index in [1.807, 2.05) is 178 Å². The Hall–Kier alpha value is -12.4. The number of carbonyl (C=O) groups excluding carboxylic acids is 2. The van der Waals surface area contributed by atoms with Crippen molar-refractivity contribution < 1.29 is 41.6 Å². The minimum atomic E-state index is -0.527. The van der Waals surface area contributed by atoms with Crippen LogP contribution in [0.25, 0.3) is 99.9 Å². The number of ether oxygens (including phenoxy) is 2. The molecule has 17 aromatic rings.